The molecule has 7 heteroatoms. The average molecular weight is 509 g/mol. The molecule has 0 aliphatic rings. The topological polar surface area (TPSA) is 113 Å². The third-order valence-corrected chi connectivity index (χ3v) is 6.45. The highest BCUT2D eigenvalue weighted by Gasteiger charge is 2.19. The molecule has 1 atom stereocenters. The number of carboxylic acids is 1. The second-order valence-electron chi connectivity index (χ2n) is 9.10. The van der Waals surface area contributed by atoms with E-state index in [9.17, 15) is 19.2 Å². The van der Waals surface area contributed by atoms with Crippen LogP contribution in [0.4, 0.5) is 11.4 Å². The molecular weight excluding hydrogens is 480 g/mol. The molecule has 0 spiro atoms. The van der Waals surface area contributed by atoms with Crippen LogP contribution in [0.2, 0.25) is 0 Å². The van der Waals surface area contributed by atoms with E-state index >= 15 is 0 Å². The van der Waals surface area contributed by atoms with Gasteiger partial charge in [-0.1, -0.05) is 54.6 Å². The van der Waals surface area contributed by atoms with E-state index in [1.54, 1.807) is 19.1 Å². The van der Waals surface area contributed by atoms with Crippen molar-refractivity contribution in [3.05, 3.63) is 107 Å². The summed E-state index contributed by atoms with van der Waals surface area (Å²) < 4.78 is 0. The monoisotopic (exact) mass is 508 g/mol. The summed E-state index contributed by atoms with van der Waals surface area (Å²) in [5.41, 5.74) is 3.24. The molecule has 0 heterocycles. The van der Waals surface area contributed by atoms with E-state index in [0.717, 1.165) is 21.9 Å². The molecule has 7 nitrogen and oxygen atoms in total. The van der Waals surface area contributed by atoms with E-state index in [0.29, 0.717) is 24.8 Å². The molecule has 4 aromatic rings. The van der Waals surface area contributed by atoms with Gasteiger partial charge in [-0.15, -0.1) is 0 Å². The maximum absolute atomic E-state index is 13.2. The summed E-state index contributed by atoms with van der Waals surface area (Å²) >= 11 is 0. The van der Waals surface area contributed by atoms with Gasteiger partial charge in [-0.2, -0.15) is 0 Å². The predicted molar refractivity (Wildman–Crippen MR) is 148 cm³/mol. The van der Waals surface area contributed by atoms with Crippen LogP contribution in [0.1, 0.15) is 57.5 Å². The number of rotatable bonds is 10. The summed E-state index contributed by atoms with van der Waals surface area (Å²) in [5, 5.41) is 16.4. The minimum absolute atomic E-state index is 0.106. The van der Waals surface area contributed by atoms with Gasteiger partial charge in [0, 0.05) is 23.2 Å². The summed E-state index contributed by atoms with van der Waals surface area (Å²) in [7, 11) is 0. The van der Waals surface area contributed by atoms with E-state index < -0.39 is 17.8 Å². The molecule has 1 unspecified atom stereocenters. The molecule has 38 heavy (non-hydrogen) atoms. The van der Waals surface area contributed by atoms with Crippen LogP contribution in [0.3, 0.4) is 0 Å². The third-order valence-electron chi connectivity index (χ3n) is 6.45. The fourth-order valence-corrected chi connectivity index (χ4v) is 4.32. The number of amides is 2. The molecule has 2 amide bonds. The molecule has 0 aliphatic heterocycles. The fourth-order valence-electron chi connectivity index (χ4n) is 4.32. The maximum atomic E-state index is 13.2. The second-order valence-corrected chi connectivity index (χ2v) is 9.10. The van der Waals surface area contributed by atoms with E-state index in [1.807, 2.05) is 54.6 Å². The lowest BCUT2D eigenvalue weighted by atomic mass is 9.94. The Balaban J connectivity index is 1.47. The van der Waals surface area contributed by atoms with Crippen LogP contribution in [0, 0.1) is 0 Å². The Morgan fingerprint density at radius 2 is 1.63 bits per heavy atom. The zero-order chi connectivity index (χ0) is 27.1. The van der Waals surface area contributed by atoms with E-state index in [1.165, 1.54) is 18.2 Å². The zero-order valence-electron chi connectivity index (χ0n) is 20.9. The van der Waals surface area contributed by atoms with Gasteiger partial charge in [0.05, 0.1) is 11.6 Å². The van der Waals surface area contributed by atoms with Crippen molar-refractivity contribution in [3.8, 4) is 0 Å². The summed E-state index contributed by atoms with van der Waals surface area (Å²) in [4.78, 5) is 48.4. The van der Waals surface area contributed by atoms with Gasteiger partial charge >= 0.3 is 5.97 Å². The number of anilines is 2. The van der Waals surface area contributed by atoms with Gasteiger partial charge < -0.3 is 15.7 Å². The lowest BCUT2D eigenvalue weighted by molar-refractivity contribution is -0.137. The highest BCUT2D eigenvalue weighted by atomic mass is 16.4. The number of nitrogens with one attached hydrogen (secondary N) is 2. The SMILES string of the molecule is CC(C(=O)Nc1cc(C(=O)Nc2ccc(CCCC(=O)O)cc2)ccc1C=O)c1cccc2ccccc12. The highest BCUT2D eigenvalue weighted by Crippen LogP contribution is 2.27. The third kappa shape index (κ3) is 6.31. The number of hydrogen-bond donors (Lipinski definition) is 3. The first-order chi connectivity index (χ1) is 18.4. The number of fused-ring (bicyclic) bond motifs is 1. The van der Waals surface area contributed by atoms with Crippen LogP contribution in [0.15, 0.2) is 84.9 Å². The predicted octanol–water partition coefficient (Wildman–Crippen LogP) is 6.05. The second kappa shape index (κ2) is 12.0. The maximum Gasteiger partial charge on any atom is 0.303 e. The van der Waals surface area contributed by atoms with Gasteiger partial charge in [-0.25, -0.2) is 0 Å². The molecule has 3 N–H and O–H groups in total. The number of carbonyl (C=O) groups is 4. The van der Waals surface area contributed by atoms with Crippen LogP contribution in [0.5, 0.6) is 0 Å². The van der Waals surface area contributed by atoms with Crippen molar-refractivity contribution >= 4 is 46.2 Å². The fraction of sp³-hybridized carbons (Fsp3) is 0.161. The summed E-state index contributed by atoms with van der Waals surface area (Å²) in [6, 6.07) is 25.4. The molecule has 192 valence electrons. The normalized spacial score (nSPS) is 11.5. The van der Waals surface area contributed by atoms with Gasteiger partial charge in [0.15, 0.2) is 6.29 Å². The number of aldehydes is 1. The molecule has 0 aliphatic carbocycles. The molecule has 0 aromatic heterocycles. The van der Waals surface area contributed by atoms with Crippen molar-refractivity contribution < 1.29 is 24.3 Å². The number of benzene rings is 4. The largest absolute Gasteiger partial charge is 0.481 e. The van der Waals surface area contributed by atoms with Crippen LogP contribution in [0.25, 0.3) is 10.8 Å². The van der Waals surface area contributed by atoms with E-state index in [-0.39, 0.29) is 29.1 Å². The van der Waals surface area contributed by atoms with Gasteiger partial charge in [-0.05, 0) is 72.0 Å². The van der Waals surface area contributed by atoms with Crippen LogP contribution >= 0.6 is 0 Å². The van der Waals surface area contributed by atoms with Gasteiger partial charge in [-0.3, -0.25) is 19.2 Å². The van der Waals surface area contributed by atoms with Crippen molar-refractivity contribution in [3.63, 3.8) is 0 Å². The first-order valence-corrected chi connectivity index (χ1v) is 12.4. The van der Waals surface area contributed by atoms with Crippen molar-refractivity contribution in [2.75, 3.05) is 10.6 Å². The first-order valence-electron chi connectivity index (χ1n) is 12.4. The molecular formula is C31H28N2O5. The highest BCUT2D eigenvalue weighted by molar-refractivity contribution is 6.07. The van der Waals surface area contributed by atoms with Crippen molar-refractivity contribution in [1.29, 1.82) is 0 Å². The smallest absolute Gasteiger partial charge is 0.303 e. The Morgan fingerprint density at radius 3 is 2.37 bits per heavy atom. The Bertz CT molecular complexity index is 1490. The molecule has 0 fully saturated rings. The Morgan fingerprint density at radius 1 is 0.895 bits per heavy atom. The minimum Gasteiger partial charge on any atom is -0.481 e. The number of hydrogen-bond acceptors (Lipinski definition) is 4. The van der Waals surface area contributed by atoms with Crippen molar-refractivity contribution in [1.82, 2.24) is 0 Å². The molecule has 4 rings (SSSR count). The number of carboxylic acid groups (broad SMARTS) is 1. The number of aliphatic carboxylic acids is 1. The van der Waals surface area contributed by atoms with Crippen molar-refractivity contribution in [2.45, 2.75) is 32.1 Å². The van der Waals surface area contributed by atoms with Crippen LogP contribution in [-0.2, 0) is 16.0 Å². The summed E-state index contributed by atoms with van der Waals surface area (Å²) in [6.07, 6.45) is 1.92. The minimum atomic E-state index is -0.826. The molecule has 4 aromatic carbocycles. The average Bonchev–Trinajstić information content (AvgIpc) is 2.93. The number of carbonyl (C=O) groups excluding carboxylic acids is 3. The van der Waals surface area contributed by atoms with Gasteiger partial charge in [0.2, 0.25) is 5.91 Å². The van der Waals surface area contributed by atoms with Gasteiger partial charge in [0.1, 0.15) is 0 Å². The van der Waals surface area contributed by atoms with Crippen LogP contribution < -0.4 is 10.6 Å². The molecule has 0 saturated heterocycles. The van der Waals surface area contributed by atoms with Crippen molar-refractivity contribution in [2.24, 2.45) is 0 Å². The molecule has 0 bridgehead atoms. The quantitative estimate of drug-likeness (QED) is 0.226. The van der Waals surface area contributed by atoms with E-state index in [4.69, 9.17) is 5.11 Å². The first kappa shape index (κ1) is 26.3. The standard InChI is InChI=1S/C31H28N2O5/c1-20(26-10-5-8-22-7-2-3-9-27(22)26)30(37)33-28-18-23(14-15-24(28)19-34)31(38)32-25-16-12-21(13-17-25)6-4-11-29(35)36/h2-3,5,7-10,12-20H,4,6,11H2,1H3,(H,32,38)(H,33,37)(H,35,36). The zero-order valence-corrected chi connectivity index (χ0v) is 20.9. The van der Waals surface area contributed by atoms with E-state index in [2.05, 4.69) is 10.6 Å². The summed E-state index contributed by atoms with van der Waals surface area (Å²) in [5.74, 6) is -2.00. The lowest BCUT2D eigenvalue weighted by Gasteiger charge is -2.16. The van der Waals surface area contributed by atoms with Crippen LogP contribution in [-0.4, -0.2) is 29.2 Å². The molecule has 0 saturated carbocycles. The number of aryl methyl sites for hydroxylation is 1. The van der Waals surface area contributed by atoms with Gasteiger partial charge in [0.25, 0.3) is 5.91 Å². The lowest BCUT2D eigenvalue weighted by Crippen LogP contribution is -2.20. The Labute approximate surface area is 220 Å². The Hall–Kier alpha value is -4.78. The molecule has 0 radical (unpaired) electrons. The Kier molecular flexibility index (Phi) is 8.28. The summed E-state index contributed by atoms with van der Waals surface area (Å²) in [6.45, 7) is 1.81.